The number of fused-ring (bicyclic) bond motifs is 3. The molecule has 0 saturated carbocycles. The summed E-state index contributed by atoms with van der Waals surface area (Å²) in [5, 5.41) is 26.9. The average molecular weight is 542 g/mol. The van der Waals surface area contributed by atoms with Crippen molar-refractivity contribution in [3.63, 3.8) is 0 Å². The van der Waals surface area contributed by atoms with E-state index in [4.69, 9.17) is 0 Å². The van der Waals surface area contributed by atoms with E-state index in [1.165, 1.54) is 15.6 Å². The van der Waals surface area contributed by atoms with E-state index < -0.39 is 17.8 Å². The van der Waals surface area contributed by atoms with Crippen LogP contribution in [-0.2, 0) is 19.6 Å². The van der Waals surface area contributed by atoms with Gasteiger partial charge in [0, 0.05) is 37.3 Å². The molecule has 1 aromatic carbocycles. The Kier molecular flexibility index (Phi) is 6.33. The number of benzene rings is 1. The van der Waals surface area contributed by atoms with E-state index in [2.05, 4.69) is 41.0 Å². The van der Waals surface area contributed by atoms with Gasteiger partial charge in [0.25, 0.3) is 0 Å². The number of halogens is 3. The van der Waals surface area contributed by atoms with Gasteiger partial charge in [0.2, 0.25) is 0 Å². The molecule has 1 N–H and O–H groups in total. The molecule has 2 fully saturated rings. The number of likely N-dealkylation sites (tertiary alicyclic amines) is 2. The van der Waals surface area contributed by atoms with Crippen LogP contribution < -0.4 is 0 Å². The maximum Gasteiger partial charge on any atom is 0.416 e. The number of nitriles is 1. The molecule has 3 aromatic rings. The van der Waals surface area contributed by atoms with Gasteiger partial charge in [0.1, 0.15) is 11.6 Å². The minimum Gasteiger partial charge on any atom is -0.465 e. The minimum absolute atomic E-state index is 0.00221. The molecule has 0 spiro atoms. The Hall–Kier alpha value is -3.72. The number of amides is 1. The number of carboxylic acid groups (broad SMARTS) is 1. The van der Waals surface area contributed by atoms with E-state index in [1.807, 2.05) is 6.07 Å². The van der Waals surface area contributed by atoms with Crippen LogP contribution in [0.4, 0.5) is 18.0 Å². The van der Waals surface area contributed by atoms with Crippen molar-refractivity contribution in [1.82, 2.24) is 29.8 Å². The van der Waals surface area contributed by atoms with Crippen LogP contribution in [0, 0.1) is 16.7 Å². The lowest BCUT2D eigenvalue weighted by molar-refractivity contribution is -0.138. The van der Waals surface area contributed by atoms with Crippen LogP contribution in [0.25, 0.3) is 22.3 Å². The predicted molar refractivity (Wildman–Crippen MR) is 137 cm³/mol. The van der Waals surface area contributed by atoms with Crippen molar-refractivity contribution in [3.05, 3.63) is 41.1 Å². The first-order valence-corrected chi connectivity index (χ1v) is 12.8. The predicted octanol–water partition coefficient (Wildman–Crippen LogP) is 4.71. The molecule has 1 unspecified atom stereocenters. The van der Waals surface area contributed by atoms with Gasteiger partial charge in [-0.3, -0.25) is 4.90 Å². The molecule has 4 heterocycles. The van der Waals surface area contributed by atoms with E-state index in [0.717, 1.165) is 12.5 Å². The fourth-order valence-electron chi connectivity index (χ4n) is 6.28. The number of aromatic nitrogens is 4. The lowest BCUT2D eigenvalue weighted by atomic mass is 9.72. The molecule has 2 atom stereocenters. The van der Waals surface area contributed by atoms with Gasteiger partial charge in [-0.25, -0.2) is 14.5 Å². The third kappa shape index (κ3) is 4.48. The minimum atomic E-state index is -4.57. The molecule has 1 amide bonds. The van der Waals surface area contributed by atoms with E-state index in [1.54, 1.807) is 19.2 Å². The first-order chi connectivity index (χ1) is 18.2. The number of carbonyl (C=O) groups is 1. The summed E-state index contributed by atoms with van der Waals surface area (Å²) in [7, 11) is 1.64. The zero-order valence-electron chi connectivity index (χ0n) is 22.2. The van der Waals surface area contributed by atoms with Gasteiger partial charge < -0.3 is 10.0 Å². The summed E-state index contributed by atoms with van der Waals surface area (Å²) in [6.07, 6.45) is -4.02. The SMILES string of the molecule is Cn1nnc2c(C#N)nc(-c3ccc(CCCN4C[C@@H]5CC4(C(C)(C)C)CN5C(=O)O)c(C(F)(F)F)c3)cc21. The maximum absolute atomic E-state index is 14.2. The molecular weight excluding hydrogens is 511 g/mol. The highest BCUT2D eigenvalue weighted by molar-refractivity contribution is 5.83. The zero-order valence-corrected chi connectivity index (χ0v) is 22.2. The Balaban J connectivity index is 1.39. The number of hydrogen-bond acceptors (Lipinski definition) is 6. The quantitative estimate of drug-likeness (QED) is 0.498. The molecule has 2 saturated heterocycles. The van der Waals surface area contributed by atoms with Crippen molar-refractivity contribution in [2.24, 2.45) is 12.5 Å². The van der Waals surface area contributed by atoms with Crippen LogP contribution in [0.1, 0.15) is 50.4 Å². The lowest BCUT2D eigenvalue weighted by Crippen LogP contribution is -2.61. The summed E-state index contributed by atoms with van der Waals surface area (Å²) in [5.41, 5.74) is 0.232. The number of pyridine rings is 1. The number of aryl methyl sites for hydroxylation is 2. The van der Waals surface area contributed by atoms with Gasteiger partial charge in [-0.15, -0.1) is 5.10 Å². The smallest absolute Gasteiger partial charge is 0.416 e. The Morgan fingerprint density at radius 2 is 2.00 bits per heavy atom. The molecule has 2 aliphatic heterocycles. The van der Waals surface area contributed by atoms with Gasteiger partial charge in [-0.05, 0) is 48.9 Å². The first kappa shape index (κ1) is 26.9. The highest BCUT2D eigenvalue weighted by atomic mass is 19.4. The summed E-state index contributed by atoms with van der Waals surface area (Å²) >= 11 is 0. The maximum atomic E-state index is 14.2. The standard InChI is InChI=1S/C27H30F3N7O2/c1-25(2,3)26-12-18(37(15-26)24(38)39)14-36(26)9-5-6-16-7-8-17(10-19(16)27(28,29)30)20-11-22-23(21(13-31)32-20)33-34-35(22)4/h7-8,10-11,18H,5-6,9,12,14-15H2,1-4H3,(H,38,39)/t18-,26?/m0/s1. The number of hydrogen-bond donors (Lipinski definition) is 1. The van der Waals surface area contributed by atoms with Gasteiger partial charge in [-0.1, -0.05) is 38.1 Å². The fourth-order valence-corrected chi connectivity index (χ4v) is 6.28. The molecule has 12 heteroatoms. The second-order valence-electron chi connectivity index (χ2n) is 11.5. The normalized spacial score (nSPS) is 21.6. The largest absolute Gasteiger partial charge is 0.465 e. The Morgan fingerprint density at radius 1 is 1.26 bits per heavy atom. The Bertz CT molecular complexity index is 1490. The topological polar surface area (TPSA) is 111 Å². The number of rotatable bonds is 5. The molecule has 2 aromatic heterocycles. The molecule has 0 aliphatic carbocycles. The Labute approximate surface area is 223 Å². The molecule has 2 bridgehead atoms. The monoisotopic (exact) mass is 541 g/mol. The van der Waals surface area contributed by atoms with E-state index >= 15 is 0 Å². The summed E-state index contributed by atoms with van der Waals surface area (Å²) in [5.74, 6) is 0. The van der Waals surface area contributed by atoms with E-state index in [9.17, 15) is 28.3 Å². The summed E-state index contributed by atoms with van der Waals surface area (Å²) < 4.78 is 44.0. The third-order valence-electron chi connectivity index (χ3n) is 8.42. The van der Waals surface area contributed by atoms with E-state index in [0.29, 0.717) is 37.1 Å². The number of nitrogens with zero attached hydrogens (tertiary/aromatic N) is 7. The van der Waals surface area contributed by atoms with Gasteiger partial charge in [0.05, 0.1) is 16.8 Å². The molecule has 2 aliphatic rings. The molecule has 206 valence electrons. The average Bonchev–Trinajstić information content (AvgIpc) is 3.55. The first-order valence-electron chi connectivity index (χ1n) is 12.8. The summed E-state index contributed by atoms with van der Waals surface area (Å²) in [4.78, 5) is 19.7. The van der Waals surface area contributed by atoms with Crippen LogP contribution in [0.3, 0.4) is 0 Å². The second kappa shape index (κ2) is 9.19. The molecule has 39 heavy (non-hydrogen) atoms. The van der Waals surface area contributed by atoms with Crippen LogP contribution in [0.2, 0.25) is 0 Å². The molecule has 5 rings (SSSR count). The Morgan fingerprint density at radius 3 is 2.64 bits per heavy atom. The second-order valence-corrected chi connectivity index (χ2v) is 11.5. The van der Waals surface area contributed by atoms with Crippen LogP contribution >= 0.6 is 0 Å². The highest BCUT2D eigenvalue weighted by Crippen LogP contribution is 2.50. The van der Waals surface area contributed by atoms with Crippen LogP contribution in [-0.4, -0.2) is 72.2 Å². The number of alkyl halides is 3. The third-order valence-corrected chi connectivity index (χ3v) is 8.42. The molecular formula is C27H30F3N7O2. The van der Waals surface area contributed by atoms with Gasteiger partial charge >= 0.3 is 12.3 Å². The van der Waals surface area contributed by atoms with Gasteiger partial charge in [0.15, 0.2) is 5.69 Å². The summed E-state index contributed by atoms with van der Waals surface area (Å²) in [6, 6.07) is 7.62. The summed E-state index contributed by atoms with van der Waals surface area (Å²) in [6.45, 7) is 7.87. The molecule has 9 nitrogen and oxygen atoms in total. The van der Waals surface area contributed by atoms with Crippen molar-refractivity contribution in [3.8, 4) is 17.3 Å². The van der Waals surface area contributed by atoms with Crippen molar-refractivity contribution in [2.75, 3.05) is 19.6 Å². The van der Waals surface area contributed by atoms with Crippen LogP contribution in [0.5, 0.6) is 0 Å². The molecule has 0 radical (unpaired) electrons. The van der Waals surface area contributed by atoms with Gasteiger partial charge in [-0.2, -0.15) is 18.4 Å². The lowest BCUT2D eigenvalue weighted by Gasteiger charge is -2.49. The highest BCUT2D eigenvalue weighted by Gasteiger charge is 2.60. The fraction of sp³-hybridized carbons (Fsp3) is 0.519. The van der Waals surface area contributed by atoms with E-state index in [-0.39, 0.29) is 45.9 Å². The van der Waals surface area contributed by atoms with Crippen LogP contribution in [0.15, 0.2) is 24.3 Å². The zero-order chi connectivity index (χ0) is 28.3. The van der Waals surface area contributed by atoms with Crippen molar-refractivity contribution in [1.29, 1.82) is 5.26 Å². The van der Waals surface area contributed by atoms with Crippen molar-refractivity contribution >= 4 is 17.1 Å². The van der Waals surface area contributed by atoms with Crippen molar-refractivity contribution < 1.29 is 23.1 Å². The number of piperazine rings is 1. The van der Waals surface area contributed by atoms with Crippen molar-refractivity contribution in [2.45, 2.75) is 57.8 Å².